The van der Waals surface area contributed by atoms with Crippen molar-refractivity contribution < 1.29 is 4.79 Å². The second kappa shape index (κ2) is 6.68. The summed E-state index contributed by atoms with van der Waals surface area (Å²) < 4.78 is 0. The minimum atomic E-state index is -0.333. The van der Waals surface area contributed by atoms with Crippen LogP contribution in [-0.2, 0) is 11.3 Å². The highest BCUT2D eigenvalue weighted by molar-refractivity contribution is 5.81. The summed E-state index contributed by atoms with van der Waals surface area (Å²) in [5.74, 6) is 0.0989. The number of benzene rings is 1. The Kier molecular flexibility index (Phi) is 4.93. The topological polar surface area (TPSA) is 49.6 Å². The van der Waals surface area contributed by atoms with Gasteiger partial charge in [0.2, 0.25) is 5.91 Å². The quantitative estimate of drug-likeness (QED) is 0.882. The third kappa shape index (κ3) is 3.78. The number of hydrogen-bond donors (Lipinski definition) is 1. The van der Waals surface area contributed by atoms with Gasteiger partial charge in [-0.3, -0.25) is 9.69 Å². The Balaban J connectivity index is 1.81. The molecule has 1 saturated heterocycles. The van der Waals surface area contributed by atoms with E-state index in [1.807, 2.05) is 17.9 Å². The van der Waals surface area contributed by atoms with E-state index in [4.69, 9.17) is 5.73 Å². The number of carbonyl (C=O) groups excluding carboxylic acids is 1. The smallest absolute Gasteiger partial charge is 0.239 e. The van der Waals surface area contributed by atoms with Gasteiger partial charge in [0.1, 0.15) is 0 Å². The van der Waals surface area contributed by atoms with Gasteiger partial charge in [-0.15, -0.1) is 0 Å². The lowest BCUT2D eigenvalue weighted by Gasteiger charge is -2.35. The van der Waals surface area contributed by atoms with E-state index in [0.717, 1.165) is 32.7 Å². The molecule has 4 heteroatoms. The lowest BCUT2D eigenvalue weighted by molar-refractivity contribution is -0.134. The van der Waals surface area contributed by atoms with Crippen LogP contribution in [0.25, 0.3) is 0 Å². The molecule has 1 aliphatic heterocycles. The van der Waals surface area contributed by atoms with Gasteiger partial charge >= 0.3 is 0 Å². The molecule has 0 bridgehead atoms. The van der Waals surface area contributed by atoms with Crippen molar-refractivity contribution in [3.8, 4) is 0 Å². The van der Waals surface area contributed by atoms with E-state index in [2.05, 4.69) is 29.2 Å². The largest absolute Gasteiger partial charge is 0.339 e. The Bertz CT molecular complexity index is 399. The number of piperazine rings is 1. The van der Waals surface area contributed by atoms with E-state index >= 15 is 0 Å². The van der Waals surface area contributed by atoms with E-state index in [1.165, 1.54) is 5.56 Å². The molecule has 1 aliphatic rings. The highest BCUT2D eigenvalue weighted by Gasteiger charge is 2.24. The molecule has 0 spiro atoms. The third-order valence-corrected chi connectivity index (χ3v) is 3.69. The molecular weight excluding hydrogens is 238 g/mol. The van der Waals surface area contributed by atoms with Gasteiger partial charge in [-0.2, -0.15) is 0 Å². The standard InChI is InChI=1S/C15H23N3O/c1-2-14(16)15(19)18-10-8-17(9-11-18)12-13-6-4-3-5-7-13/h3-7,14H,2,8-12,16H2,1H3. The second-order valence-corrected chi connectivity index (χ2v) is 5.10. The fraction of sp³-hybridized carbons (Fsp3) is 0.533. The van der Waals surface area contributed by atoms with Crippen LogP contribution in [0.5, 0.6) is 0 Å². The minimum absolute atomic E-state index is 0.0989. The van der Waals surface area contributed by atoms with Crippen LogP contribution < -0.4 is 5.73 Å². The number of carbonyl (C=O) groups is 1. The molecule has 4 nitrogen and oxygen atoms in total. The first-order valence-electron chi connectivity index (χ1n) is 7.01. The monoisotopic (exact) mass is 261 g/mol. The number of hydrogen-bond acceptors (Lipinski definition) is 3. The van der Waals surface area contributed by atoms with Crippen LogP contribution in [-0.4, -0.2) is 47.9 Å². The van der Waals surface area contributed by atoms with Gasteiger partial charge in [-0.25, -0.2) is 0 Å². The average Bonchev–Trinajstić information content (AvgIpc) is 2.47. The van der Waals surface area contributed by atoms with Gasteiger partial charge in [-0.1, -0.05) is 37.3 Å². The van der Waals surface area contributed by atoms with Gasteiger partial charge < -0.3 is 10.6 Å². The molecule has 2 N–H and O–H groups in total. The molecule has 1 fully saturated rings. The average molecular weight is 261 g/mol. The molecule has 1 aromatic rings. The summed E-state index contributed by atoms with van der Waals surface area (Å²) in [4.78, 5) is 16.3. The maximum absolute atomic E-state index is 12.0. The highest BCUT2D eigenvalue weighted by Crippen LogP contribution is 2.09. The fourth-order valence-electron chi connectivity index (χ4n) is 2.38. The second-order valence-electron chi connectivity index (χ2n) is 5.10. The molecule has 0 saturated carbocycles. The Labute approximate surface area is 115 Å². The first-order valence-corrected chi connectivity index (χ1v) is 7.01. The predicted octanol–water partition coefficient (Wildman–Crippen LogP) is 1.07. The van der Waals surface area contributed by atoms with Crippen molar-refractivity contribution in [2.24, 2.45) is 5.73 Å². The van der Waals surface area contributed by atoms with Crippen LogP contribution in [0, 0.1) is 0 Å². The Hall–Kier alpha value is -1.39. The third-order valence-electron chi connectivity index (χ3n) is 3.69. The first-order chi connectivity index (χ1) is 9.20. The Morgan fingerprint density at radius 2 is 1.84 bits per heavy atom. The fourth-order valence-corrected chi connectivity index (χ4v) is 2.38. The van der Waals surface area contributed by atoms with Gasteiger partial charge in [0, 0.05) is 32.7 Å². The van der Waals surface area contributed by atoms with Crippen molar-refractivity contribution in [2.45, 2.75) is 25.9 Å². The van der Waals surface area contributed by atoms with E-state index in [0.29, 0.717) is 6.42 Å². The molecule has 0 aliphatic carbocycles. The van der Waals surface area contributed by atoms with Crippen LogP contribution in [0.3, 0.4) is 0 Å². The van der Waals surface area contributed by atoms with Crippen molar-refractivity contribution in [1.29, 1.82) is 0 Å². The zero-order chi connectivity index (χ0) is 13.7. The summed E-state index contributed by atoms with van der Waals surface area (Å²) in [5.41, 5.74) is 7.13. The molecule has 0 radical (unpaired) electrons. The van der Waals surface area contributed by atoms with Gasteiger partial charge in [0.15, 0.2) is 0 Å². The summed E-state index contributed by atoms with van der Waals surface area (Å²) in [7, 11) is 0. The summed E-state index contributed by atoms with van der Waals surface area (Å²) in [6, 6.07) is 10.1. The molecule has 1 amide bonds. The summed E-state index contributed by atoms with van der Waals surface area (Å²) >= 11 is 0. The molecule has 1 atom stereocenters. The van der Waals surface area contributed by atoms with Crippen LogP contribution >= 0.6 is 0 Å². The van der Waals surface area contributed by atoms with E-state index in [1.54, 1.807) is 0 Å². The molecule has 2 rings (SSSR count). The zero-order valence-corrected chi connectivity index (χ0v) is 11.6. The maximum Gasteiger partial charge on any atom is 0.239 e. The number of nitrogens with zero attached hydrogens (tertiary/aromatic N) is 2. The van der Waals surface area contributed by atoms with Crippen molar-refractivity contribution >= 4 is 5.91 Å². The van der Waals surface area contributed by atoms with Gasteiger partial charge in [0.25, 0.3) is 0 Å². The lowest BCUT2D eigenvalue weighted by atomic mass is 10.1. The number of rotatable bonds is 4. The van der Waals surface area contributed by atoms with Crippen molar-refractivity contribution in [2.75, 3.05) is 26.2 Å². The number of amides is 1. The van der Waals surface area contributed by atoms with Crippen LogP contribution in [0.1, 0.15) is 18.9 Å². The summed E-state index contributed by atoms with van der Waals surface area (Å²) in [6.07, 6.45) is 0.711. The molecule has 19 heavy (non-hydrogen) atoms. The molecule has 1 unspecified atom stereocenters. The summed E-state index contributed by atoms with van der Waals surface area (Å²) in [5, 5.41) is 0. The summed E-state index contributed by atoms with van der Waals surface area (Å²) in [6.45, 7) is 6.35. The lowest BCUT2D eigenvalue weighted by Crippen LogP contribution is -2.52. The highest BCUT2D eigenvalue weighted by atomic mass is 16.2. The normalized spacial score (nSPS) is 18.3. The van der Waals surface area contributed by atoms with Crippen LogP contribution in [0.2, 0.25) is 0 Å². The van der Waals surface area contributed by atoms with E-state index in [-0.39, 0.29) is 11.9 Å². The first kappa shape index (κ1) is 14.0. The molecule has 1 aromatic carbocycles. The van der Waals surface area contributed by atoms with Crippen molar-refractivity contribution in [3.63, 3.8) is 0 Å². The molecule has 0 aromatic heterocycles. The predicted molar refractivity (Wildman–Crippen MR) is 76.6 cm³/mol. The molecule has 1 heterocycles. The zero-order valence-electron chi connectivity index (χ0n) is 11.6. The SMILES string of the molecule is CCC(N)C(=O)N1CCN(Cc2ccccc2)CC1. The van der Waals surface area contributed by atoms with Crippen molar-refractivity contribution in [3.05, 3.63) is 35.9 Å². The van der Waals surface area contributed by atoms with E-state index < -0.39 is 0 Å². The molecule has 104 valence electrons. The molecular formula is C15H23N3O. The minimum Gasteiger partial charge on any atom is -0.339 e. The van der Waals surface area contributed by atoms with Crippen LogP contribution in [0.15, 0.2) is 30.3 Å². The number of nitrogens with two attached hydrogens (primary N) is 1. The van der Waals surface area contributed by atoms with Crippen molar-refractivity contribution in [1.82, 2.24) is 9.80 Å². The Morgan fingerprint density at radius 1 is 1.21 bits per heavy atom. The Morgan fingerprint density at radius 3 is 2.42 bits per heavy atom. The maximum atomic E-state index is 12.0. The van der Waals surface area contributed by atoms with E-state index in [9.17, 15) is 4.79 Å². The van der Waals surface area contributed by atoms with Gasteiger partial charge in [-0.05, 0) is 12.0 Å². The van der Waals surface area contributed by atoms with Gasteiger partial charge in [0.05, 0.1) is 6.04 Å². The van der Waals surface area contributed by atoms with Crippen LogP contribution in [0.4, 0.5) is 0 Å².